The molecule has 32 heavy (non-hydrogen) atoms. The molecule has 3 fully saturated rings. The average molecular weight is 444 g/mol. The predicted octanol–water partition coefficient (Wildman–Crippen LogP) is 1.08. The van der Waals surface area contributed by atoms with Crippen LogP contribution >= 0.6 is 0 Å². The van der Waals surface area contributed by atoms with Crippen LogP contribution in [0.15, 0.2) is 10.9 Å². The van der Waals surface area contributed by atoms with E-state index in [9.17, 15) is 9.59 Å². The second kappa shape index (κ2) is 10.0. The molecule has 176 valence electrons. The number of hydrogen-bond acceptors (Lipinski definition) is 6. The van der Waals surface area contributed by atoms with Gasteiger partial charge in [0.1, 0.15) is 5.82 Å². The minimum absolute atomic E-state index is 0.0811. The molecule has 8 nitrogen and oxygen atoms in total. The number of rotatable bonds is 5. The minimum atomic E-state index is 0.0811. The van der Waals surface area contributed by atoms with Crippen molar-refractivity contribution < 1.29 is 9.53 Å². The minimum Gasteiger partial charge on any atom is -0.377 e. The van der Waals surface area contributed by atoms with Gasteiger partial charge in [-0.15, -0.1) is 0 Å². The van der Waals surface area contributed by atoms with Crippen LogP contribution in [0.1, 0.15) is 56.0 Å². The van der Waals surface area contributed by atoms with E-state index in [-0.39, 0.29) is 17.4 Å². The highest BCUT2D eigenvalue weighted by atomic mass is 16.5. The first-order valence-electron chi connectivity index (χ1n) is 12.6. The summed E-state index contributed by atoms with van der Waals surface area (Å²) in [6.07, 6.45) is 7.88. The molecule has 0 saturated carbocycles. The standard InChI is InChI=1S/C24H37N5O3/c30-23-15-21(25-22-6-2-1-3-8-29(22)23)19-7-9-28(16-19)24(31)18-27-12-10-26(11-13-27)17-20-5-4-14-32-20/h15,19-20H,1-14,16-18H2. The number of likely N-dealkylation sites (tertiary alicyclic amines) is 1. The molecule has 1 amide bonds. The molecule has 1 aromatic rings. The molecule has 4 aliphatic heterocycles. The Kier molecular flexibility index (Phi) is 6.90. The third-order valence-electron chi connectivity index (χ3n) is 7.66. The van der Waals surface area contributed by atoms with Crippen LogP contribution in [0.5, 0.6) is 0 Å². The molecule has 0 spiro atoms. The number of ether oxygens (including phenoxy) is 1. The molecule has 0 radical (unpaired) electrons. The summed E-state index contributed by atoms with van der Waals surface area (Å²) in [5.74, 6) is 1.34. The number of nitrogens with zero attached hydrogens (tertiary/aromatic N) is 5. The fourth-order valence-electron chi connectivity index (χ4n) is 5.67. The summed E-state index contributed by atoms with van der Waals surface area (Å²) in [5, 5.41) is 0. The number of carbonyl (C=O) groups is 1. The number of aryl methyl sites for hydroxylation is 1. The molecule has 2 atom stereocenters. The third-order valence-corrected chi connectivity index (χ3v) is 7.66. The lowest BCUT2D eigenvalue weighted by molar-refractivity contribution is -0.131. The second-order valence-corrected chi connectivity index (χ2v) is 9.93. The van der Waals surface area contributed by atoms with E-state index in [1.54, 1.807) is 6.07 Å². The van der Waals surface area contributed by atoms with Crippen molar-refractivity contribution in [2.24, 2.45) is 0 Å². The first-order chi connectivity index (χ1) is 15.7. The maximum Gasteiger partial charge on any atom is 0.253 e. The molecular formula is C24H37N5O3. The molecule has 3 saturated heterocycles. The Bertz CT molecular complexity index is 858. The predicted molar refractivity (Wildman–Crippen MR) is 122 cm³/mol. The van der Waals surface area contributed by atoms with Gasteiger partial charge in [0.05, 0.1) is 18.3 Å². The van der Waals surface area contributed by atoms with E-state index < -0.39 is 0 Å². The Hall–Kier alpha value is -1.77. The van der Waals surface area contributed by atoms with Crippen LogP contribution in [-0.2, 0) is 22.5 Å². The van der Waals surface area contributed by atoms with Crippen LogP contribution in [0.4, 0.5) is 0 Å². The van der Waals surface area contributed by atoms with Crippen LogP contribution in [0.3, 0.4) is 0 Å². The normalized spacial score (nSPS) is 27.4. The number of carbonyl (C=O) groups excluding carboxylic acids is 1. The first kappa shape index (κ1) is 22.0. The zero-order chi connectivity index (χ0) is 21.9. The van der Waals surface area contributed by atoms with Crippen molar-refractivity contribution in [2.45, 2.75) is 63.5 Å². The molecule has 4 aliphatic rings. The molecule has 0 aromatic carbocycles. The zero-order valence-electron chi connectivity index (χ0n) is 19.2. The van der Waals surface area contributed by atoms with Gasteiger partial charge in [0.15, 0.2) is 0 Å². The molecule has 0 N–H and O–H groups in total. The number of fused-ring (bicyclic) bond motifs is 1. The van der Waals surface area contributed by atoms with Crippen molar-refractivity contribution in [3.05, 3.63) is 27.9 Å². The topological polar surface area (TPSA) is 70.9 Å². The Morgan fingerprint density at radius 1 is 1.00 bits per heavy atom. The summed E-state index contributed by atoms with van der Waals surface area (Å²) < 4.78 is 7.62. The van der Waals surface area contributed by atoms with Gasteiger partial charge in [-0.05, 0) is 32.1 Å². The molecule has 5 heterocycles. The largest absolute Gasteiger partial charge is 0.377 e. The number of amides is 1. The molecule has 0 bridgehead atoms. The van der Waals surface area contributed by atoms with Gasteiger partial charge in [-0.3, -0.25) is 24.0 Å². The van der Waals surface area contributed by atoms with E-state index >= 15 is 0 Å². The first-order valence-corrected chi connectivity index (χ1v) is 12.6. The molecule has 2 unspecified atom stereocenters. The van der Waals surface area contributed by atoms with Crippen molar-refractivity contribution in [1.29, 1.82) is 0 Å². The number of aromatic nitrogens is 2. The lowest BCUT2D eigenvalue weighted by atomic mass is 10.0. The fourth-order valence-corrected chi connectivity index (χ4v) is 5.67. The summed E-state index contributed by atoms with van der Waals surface area (Å²) in [6, 6.07) is 1.72. The van der Waals surface area contributed by atoms with Crippen molar-refractivity contribution >= 4 is 5.91 Å². The Balaban J connectivity index is 1.12. The summed E-state index contributed by atoms with van der Waals surface area (Å²) in [6.45, 7) is 8.60. The maximum absolute atomic E-state index is 13.0. The summed E-state index contributed by atoms with van der Waals surface area (Å²) in [5.41, 5.74) is 0.971. The zero-order valence-corrected chi connectivity index (χ0v) is 19.2. The van der Waals surface area contributed by atoms with E-state index in [0.29, 0.717) is 19.2 Å². The van der Waals surface area contributed by atoms with E-state index in [1.807, 2.05) is 9.47 Å². The Morgan fingerprint density at radius 3 is 2.66 bits per heavy atom. The fraction of sp³-hybridized carbons (Fsp3) is 0.792. The Morgan fingerprint density at radius 2 is 1.84 bits per heavy atom. The van der Waals surface area contributed by atoms with Crippen LogP contribution in [-0.4, -0.2) is 95.2 Å². The van der Waals surface area contributed by atoms with Crippen LogP contribution in [0.2, 0.25) is 0 Å². The molecule has 8 heteroatoms. The lowest BCUT2D eigenvalue weighted by Gasteiger charge is -2.35. The average Bonchev–Trinajstić information content (AvgIpc) is 3.43. The maximum atomic E-state index is 13.0. The van der Waals surface area contributed by atoms with Gasteiger partial charge in [0.25, 0.3) is 5.56 Å². The summed E-state index contributed by atoms with van der Waals surface area (Å²) >= 11 is 0. The van der Waals surface area contributed by atoms with Crippen molar-refractivity contribution in [3.8, 4) is 0 Å². The van der Waals surface area contributed by atoms with Crippen LogP contribution in [0.25, 0.3) is 0 Å². The van der Waals surface area contributed by atoms with Gasteiger partial charge in [-0.1, -0.05) is 6.42 Å². The summed E-state index contributed by atoms with van der Waals surface area (Å²) in [4.78, 5) is 37.2. The summed E-state index contributed by atoms with van der Waals surface area (Å²) in [7, 11) is 0. The lowest BCUT2D eigenvalue weighted by Crippen LogP contribution is -2.51. The van der Waals surface area contributed by atoms with Gasteiger partial charge in [0.2, 0.25) is 5.91 Å². The van der Waals surface area contributed by atoms with Gasteiger partial charge in [-0.2, -0.15) is 0 Å². The van der Waals surface area contributed by atoms with Crippen LogP contribution < -0.4 is 5.56 Å². The molecule has 0 aliphatic carbocycles. The van der Waals surface area contributed by atoms with Gasteiger partial charge in [0, 0.05) is 77.4 Å². The van der Waals surface area contributed by atoms with Crippen LogP contribution in [0, 0.1) is 0 Å². The van der Waals surface area contributed by atoms with Crippen molar-refractivity contribution in [1.82, 2.24) is 24.3 Å². The quantitative estimate of drug-likeness (QED) is 0.678. The molecular weight excluding hydrogens is 406 g/mol. The van der Waals surface area contributed by atoms with E-state index in [0.717, 1.165) is 96.0 Å². The van der Waals surface area contributed by atoms with Crippen molar-refractivity contribution in [3.63, 3.8) is 0 Å². The smallest absolute Gasteiger partial charge is 0.253 e. The van der Waals surface area contributed by atoms with E-state index in [1.165, 1.54) is 12.8 Å². The second-order valence-electron chi connectivity index (χ2n) is 9.93. The molecule has 5 rings (SSSR count). The SMILES string of the molecule is O=C(CN1CCN(CC2CCCO2)CC1)N1CCC(c2cc(=O)n3c(n2)CCCCC3)C1. The van der Waals surface area contributed by atoms with Gasteiger partial charge in [-0.25, -0.2) is 4.98 Å². The number of piperazine rings is 1. The molecule has 1 aromatic heterocycles. The monoisotopic (exact) mass is 443 g/mol. The Labute approximate surface area is 190 Å². The van der Waals surface area contributed by atoms with Crippen molar-refractivity contribution in [2.75, 3.05) is 59.0 Å². The van der Waals surface area contributed by atoms with E-state index in [2.05, 4.69) is 9.80 Å². The number of hydrogen-bond donors (Lipinski definition) is 0. The van der Waals surface area contributed by atoms with E-state index in [4.69, 9.17) is 9.72 Å². The highest BCUT2D eigenvalue weighted by Gasteiger charge is 2.31. The van der Waals surface area contributed by atoms with Gasteiger partial charge < -0.3 is 9.64 Å². The highest BCUT2D eigenvalue weighted by molar-refractivity contribution is 5.78. The van der Waals surface area contributed by atoms with Gasteiger partial charge >= 0.3 is 0 Å². The third kappa shape index (κ3) is 5.07. The highest BCUT2D eigenvalue weighted by Crippen LogP contribution is 2.26.